The molecule has 92 valence electrons. The number of rotatable bonds is 2. The number of nitrogens with two attached hydrogens (primary N) is 1. The molecular weight excluding hydrogens is 240 g/mol. The third-order valence-corrected chi connectivity index (χ3v) is 4.84. The Labute approximate surface area is 111 Å². The van der Waals surface area contributed by atoms with Gasteiger partial charge in [0.05, 0.1) is 6.04 Å². The number of nitrogens with one attached hydrogen (secondary N) is 1. The van der Waals surface area contributed by atoms with Crippen LogP contribution in [0.1, 0.15) is 11.6 Å². The van der Waals surface area contributed by atoms with Crippen LogP contribution >= 0.6 is 11.8 Å². The minimum Gasteiger partial charge on any atom is -0.701 e. The first kappa shape index (κ1) is 11.6. The van der Waals surface area contributed by atoms with Gasteiger partial charge in [0.1, 0.15) is 0 Å². The normalized spacial score (nSPS) is 27.4. The maximum Gasteiger partial charge on any atom is 0.0596 e. The van der Waals surface area contributed by atoms with Crippen LogP contribution in [0.25, 0.3) is 5.73 Å². The Morgan fingerprint density at radius 1 is 1.11 bits per heavy atom. The first-order valence-electron chi connectivity index (χ1n) is 6.05. The fraction of sp³-hybridized carbons (Fsp3) is 0.200. The van der Waals surface area contributed by atoms with E-state index in [2.05, 4.69) is 18.2 Å². The molecular formula is C15H15N2S-. The Bertz CT molecular complexity index is 531. The summed E-state index contributed by atoms with van der Waals surface area (Å²) in [6.45, 7) is 0. The molecule has 0 radical (unpaired) electrons. The van der Waals surface area contributed by atoms with E-state index in [1.54, 1.807) is 11.8 Å². The average molecular weight is 255 g/mol. The number of thioether (sulfide) groups is 1. The highest BCUT2D eigenvalue weighted by atomic mass is 32.2. The summed E-state index contributed by atoms with van der Waals surface area (Å²) < 4.78 is 0. The molecule has 18 heavy (non-hydrogen) atoms. The van der Waals surface area contributed by atoms with E-state index in [-0.39, 0.29) is 12.0 Å². The Kier molecular flexibility index (Phi) is 3.02. The minimum absolute atomic E-state index is 0.170. The van der Waals surface area contributed by atoms with E-state index in [0.29, 0.717) is 10.9 Å². The molecule has 2 aliphatic rings. The fourth-order valence-electron chi connectivity index (χ4n) is 2.39. The van der Waals surface area contributed by atoms with Gasteiger partial charge in [-0.1, -0.05) is 54.6 Å². The zero-order valence-electron chi connectivity index (χ0n) is 9.91. The summed E-state index contributed by atoms with van der Waals surface area (Å²) in [4.78, 5) is 1.01. The second-order valence-electron chi connectivity index (χ2n) is 4.54. The molecule has 3 heteroatoms. The molecule has 3 unspecified atom stereocenters. The third-order valence-electron chi connectivity index (χ3n) is 3.39. The van der Waals surface area contributed by atoms with E-state index in [9.17, 15) is 0 Å². The highest BCUT2D eigenvalue weighted by Crippen LogP contribution is 2.48. The first-order chi connectivity index (χ1) is 8.77. The molecule has 0 bridgehead atoms. The second kappa shape index (κ2) is 4.67. The quantitative estimate of drug-likeness (QED) is 0.873. The molecule has 3 N–H and O–H groups in total. The molecule has 3 rings (SSSR count). The van der Waals surface area contributed by atoms with Crippen molar-refractivity contribution >= 4 is 11.8 Å². The van der Waals surface area contributed by atoms with Crippen molar-refractivity contribution in [3.8, 4) is 0 Å². The topological polar surface area (TPSA) is 49.8 Å². The molecule has 0 fully saturated rings. The summed E-state index contributed by atoms with van der Waals surface area (Å²) in [5, 5.41) is 0.354. The van der Waals surface area contributed by atoms with Crippen LogP contribution in [0, 0.1) is 5.92 Å². The lowest BCUT2D eigenvalue weighted by Gasteiger charge is -2.21. The van der Waals surface area contributed by atoms with Gasteiger partial charge in [-0.3, -0.25) is 0 Å². The number of benzene rings is 1. The Morgan fingerprint density at radius 2 is 1.83 bits per heavy atom. The molecule has 1 heterocycles. The van der Waals surface area contributed by atoms with Gasteiger partial charge in [0.2, 0.25) is 0 Å². The molecule has 0 amide bonds. The van der Waals surface area contributed by atoms with Crippen molar-refractivity contribution in [3.63, 3.8) is 0 Å². The van der Waals surface area contributed by atoms with Crippen molar-refractivity contribution in [1.82, 2.24) is 0 Å². The van der Waals surface area contributed by atoms with Crippen LogP contribution < -0.4 is 5.73 Å². The average Bonchev–Trinajstić information content (AvgIpc) is 2.77. The number of hydrogen-bond acceptors (Lipinski definition) is 2. The van der Waals surface area contributed by atoms with Crippen molar-refractivity contribution in [2.45, 2.75) is 11.3 Å². The maximum atomic E-state index is 8.29. The van der Waals surface area contributed by atoms with Crippen molar-refractivity contribution in [1.29, 1.82) is 0 Å². The highest BCUT2D eigenvalue weighted by molar-refractivity contribution is 8.04. The van der Waals surface area contributed by atoms with Crippen molar-refractivity contribution in [2.24, 2.45) is 11.7 Å². The van der Waals surface area contributed by atoms with E-state index in [1.807, 2.05) is 36.4 Å². The molecule has 1 aromatic rings. The minimum atomic E-state index is -0.170. The second-order valence-corrected chi connectivity index (χ2v) is 5.76. The standard InChI is InChI=1S/C15H15N2S/c16-13(10-6-2-1-3-7-10)15-14(17)11-8-4-5-9-12(11)18-15/h1-9,11-13,17H,16H2/q-1. The molecule has 0 saturated heterocycles. The van der Waals surface area contributed by atoms with Crippen molar-refractivity contribution in [3.05, 3.63) is 76.5 Å². The highest BCUT2D eigenvalue weighted by Gasteiger charge is 2.30. The molecule has 3 atom stereocenters. The fourth-order valence-corrected chi connectivity index (χ4v) is 3.77. The third kappa shape index (κ3) is 1.89. The summed E-state index contributed by atoms with van der Waals surface area (Å²) in [6, 6.07) is 9.85. The van der Waals surface area contributed by atoms with Gasteiger partial charge in [-0.05, 0) is 16.4 Å². The Balaban J connectivity index is 1.91. The SMILES string of the molecule is [NH-]C1=C(C(N)c2ccccc2)SC2C=CC=CC12. The van der Waals surface area contributed by atoms with E-state index in [4.69, 9.17) is 11.5 Å². The van der Waals surface area contributed by atoms with Gasteiger partial charge < -0.3 is 11.5 Å². The van der Waals surface area contributed by atoms with Gasteiger partial charge >= 0.3 is 0 Å². The predicted molar refractivity (Wildman–Crippen MR) is 77.9 cm³/mol. The van der Waals surface area contributed by atoms with Crippen molar-refractivity contribution in [2.75, 3.05) is 0 Å². The lowest BCUT2D eigenvalue weighted by molar-refractivity contribution is 0.804. The zero-order chi connectivity index (χ0) is 12.5. The summed E-state index contributed by atoms with van der Waals surface area (Å²) >= 11 is 1.73. The van der Waals surface area contributed by atoms with E-state index < -0.39 is 0 Å². The monoisotopic (exact) mass is 255 g/mol. The van der Waals surface area contributed by atoms with Gasteiger partial charge in [-0.2, -0.15) is 0 Å². The van der Waals surface area contributed by atoms with E-state index >= 15 is 0 Å². The smallest absolute Gasteiger partial charge is 0.0596 e. The lowest BCUT2D eigenvalue weighted by Crippen LogP contribution is -2.11. The molecule has 1 aromatic carbocycles. The van der Waals surface area contributed by atoms with Crippen LogP contribution in [0.2, 0.25) is 0 Å². The molecule has 1 aliphatic heterocycles. The zero-order valence-corrected chi connectivity index (χ0v) is 10.7. The summed E-state index contributed by atoms with van der Waals surface area (Å²) in [5.41, 5.74) is 16.3. The molecule has 0 aromatic heterocycles. The number of fused-ring (bicyclic) bond motifs is 1. The van der Waals surface area contributed by atoms with Gasteiger partial charge in [0.25, 0.3) is 0 Å². The lowest BCUT2D eigenvalue weighted by atomic mass is 9.95. The first-order valence-corrected chi connectivity index (χ1v) is 6.93. The predicted octanol–water partition coefficient (Wildman–Crippen LogP) is 3.81. The maximum absolute atomic E-state index is 8.29. The Hall–Kier alpha value is -1.45. The van der Waals surface area contributed by atoms with E-state index in [1.165, 1.54) is 0 Å². The number of allylic oxidation sites excluding steroid dienone is 3. The largest absolute Gasteiger partial charge is 0.701 e. The van der Waals surface area contributed by atoms with Crippen LogP contribution in [0.4, 0.5) is 0 Å². The van der Waals surface area contributed by atoms with Crippen LogP contribution in [0.15, 0.2) is 65.2 Å². The van der Waals surface area contributed by atoms with Gasteiger partial charge in [0.15, 0.2) is 0 Å². The molecule has 0 saturated carbocycles. The van der Waals surface area contributed by atoms with Crippen LogP contribution in [0.3, 0.4) is 0 Å². The van der Waals surface area contributed by atoms with E-state index in [0.717, 1.165) is 10.5 Å². The van der Waals surface area contributed by atoms with Crippen LogP contribution in [0.5, 0.6) is 0 Å². The van der Waals surface area contributed by atoms with Gasteiger partial charge in [0, 0.05) is 5.25 Å². The van der Waals surface area contributed by atoms with Gasteiger partial charge in [-0.25, -0.2) is 0 Å². The molecule has 0 spiro atoms. The van der Waals surface area contributed by atoms with Crippen LogP contribution in [-0.4, -0.2) is 5.25 Å². The van der Waals surface area contributed by atoms with Crippen molar-refractivity contribution < 1.29 is 0 Å². The van der Waals surface area contributed by atoms with Gasteiger partial charge in [-0.15, -0.1) is 17.5 Å². The summed E-state index contributed by atoms with van der Waals surface area (Å²) in [5.74, 6) is 0.199. The number of hydrogen-bond donors (Lipinski definition) is 1. The Morgan fingerprint density at radius 3 is 2.56 bits per heavy atom. The summed E-state index contributed by atoms with van der Waals surface area (Å²) in [7, 11) is 0. The molecule has 1 aliphatic carbocycles. The molecule has 2 nitrogen and oxygen atoms in total. The van der Waals surface area contributed by atoms with Crippen LogP contribution in [-0.2, 0) is 0 Å². The summed E-state index contributed by atoms with van der Waals surface area (Å²) in [6.07, 6.45) is 8.34.